The van der Waals surface area contributed by atoms with E-state index >= 15 is 0 Å². The highest BCUT2D eigenvalue weighted by molar-refractivity contribution is 5.91. The molecule has 4 aromatic rings. The lowest BCUT2D eigenvalue weighted by atomic mass is 10.1. The van der Waals surface area contributed by atoms with Crippen molar-refractivity contribution >= 4 is 22.8 Å². The molecule has 0 amide bonds. The molecule has 0 aliphatic rings. The number of rotatable bonds is 12. The van der Waals surface area contributed by atoms with Gasteiger partial charge in [-0.2, -0.15) is 0 Å². The van der Waals surface area contributed by atoms with Gasteiger partial charge in [-0.1, -0.05) is 54.6 Å². The van der Waals surface area contributed by atoms with E-state index in [2.05, 4.69) is 90.9 Å². The Labute approximate surface area is 216 Å². The molecule has 0 spiro atoms. The third-order valence-electron chi connectivity index (χ3n) is 5.88. The SMILES string of the molecule is COC(=O)CCNCCNCc1ccc(-c2cc3c(N[C@H](C)c4ccccc4)ncnc3[nH]2)cc1.NO. The van der Waals surface area contributed by atoms with Gasteiger partial charge in [-0.3, -0.25) is 4.79 Å². The fraction of sp³-hybridized carbons (Fsp3) is 0.296. The molecule has 1 atom stereocenters. The summed E-state index contributed by atoms with van der Waals surface area (Å²) in [5, 5.41) is 17.6. The molecule has 0 saturated heterocycles. The summed E-state index contributed by atoms with van der Waals surface area (Å²) in [6, 6.07) is 21.0. The highest BCUT2D eigenvalue weighted by Gasteiger charge is 2.12. The minimum Gasteiger partial charge on any atom is -0.469 e. The highest BCUT2D eigenvalue weighted by atomic mass is 16.5. The number of esters is 1. The van der Waals surface area contributed by atoms with E-state index < -0.39 is 0 Å². The number of anilines is 1. The number of hydrogen-bond acceptors (Lipinski definition) is 9. The van der Waals surface area contributed by atoms with Crippen molar-refractivity contribution in [1.29, 1.82) is 0 Å². The van der Waals surface area contributed by atoms with Gasteiger partial charge in [-0.25, -0.2) is 15.9 Å². The zero-order chi connectivity index (χ0) is 26.5. The van der Waals surface area contributed by atoms with Crippen molar-refractivity contribution < 1.29 is 14.7 Å². The van der Waals surface area contributed by atoms with E-state index in [1.807, 2.05) is 18.2 Å². The second-order valence-electron chi connectivity index (χ2n) is 8.39. The third kappa shape index (κ3) is 8.09. The van der Waals surface area contributed by atoms with Crippen LogP contribution in [0.25, 0.3) is 22.3 Å². The summed E-state index contributed by atoms with van der Waals surface area (Å²) in [6.07, 6.45) is 1.97. The Bertz CT molecular complexity index is 1230. The van der Waals surface area contributed by atoms with Gasteiger partial charge in [0.25, 0.3) is 0 Å². The van der Waals surface area contributed by atoms with Gasteiger partial charge in [0.1, 0.15) is 17.8 Å². The summed E-state index contributed by atoms with van der Waals surface area (Å²) in [4.78, 5) is 23.4. The number of nitrogens with zero attached hydrogens (tertiary/aromatic N) is 2. The maximum absolute atomic E-state index is 11.1. The Morgan fingerprint density at radius 1 is 1.03 bits per heavy atom. The topological polar surface area (TPSA) is 150 Å². The molecule has 2 aromatic heterocycles. The summed E-state index contributed by atoms with van der Waals surface area (Å²) < 4.78 is 4.63. The van der Waals surface area contributed by atoms with E-state index in [1.165, 1.54) is 18.2 Å². The fourth-order valence-electron chi connectivity index (χ4n) is 3.87. The van der Waals surface area contributed by atoms with Crippen LogP contribution in [0.4, 0.5) is 5.82 Å². The molecule has 2 heterocycles. The monoisotopic (exact) mass is 505 g/mol. The van der Waals surface area contributed by atoms with Crippen LogP contribution < -0.4 is 21.8 Å². The Balaban J connectivity index is 0.00000186. The minimum absolute atomic E-state index is 0.127. The van der Waals surface area contributed by atoms with Crippen LogP contribution in [-0.4, -0.2) is 52.9 Å². The van der Waals surface area contributed by atoms with Crippen LogP contribution in [0.15, 0.2) is 67.0 Å². The number of carbonyl (C=O) groups excluding carboxylic acids is 1. The summed E-state index contributed by atoms with van der Waals surface area (Å²) in [7, 11) is 1.41. The van der Waals surface area contributed by atoms with Gasteiger partial charge in [0.05, 0.1) is 18.9 Å². The van der Waals surface area contributed by atoms with E-state index in [4.69, 9.17) is 5.21 Å². The van der Waals surface area contributed by atoms with Crippen LogP contribution in [0.3, 0.4) is 0 Å². The van der Waals surface area contributed by atoms with Gasteiger partial charge in [0.15, 0.2) is 0 Å². The molecule has 7 N–H and O–H groups in total. The second-order valence-corrected chi connectivity index (χ2v) is 8.39. The van der Waals surface area contributed by atoms with Gasteiger partial charge in [0, 0.05) is 37.9 Å². The van der Waals surface area contributed by atoms with Crippen LogP contribution in [0.1, 0.15) is 30.5 Å². The van der Waals surface area contributed by atoms with Crippen LogP contribution in [0, 0.1) is 0 Å². The predicted molar refractivity (Wildman–Crippen MR) is 145 cm³/mol. The maximum atomic E-state index is 11.1. The number of nitrogens with two attached hydrogens (primary N) is 1. The van der Waals surface area contributed by atoms with Crippen molar-refractivity contribution in [1.82, 2.24) is 25.6 Å². The first-order valence-electron chi connectivity index (χ1n) is 12.1. The number of fused-ring (bicyclic) bond motifs is 1. The second kappa shape index (κ2) is 14.7. The summed E-state index contributed by atoms with van der Waals surface area (Å²) >= 11 is 0. The van der Waals surface area contributed by atoms with E-state index in [0.717, 1.165) is 47.7 Å². The lowest BCUT2D eigenvalue weighted by molar-refractivity contribution is -0.140. The van der Waals surface area contributed by atoms with Gasteiger partial charge >= 0.3 is 5.97 Å². The number of aromatic nitrogens is 3. The van der Waals surface area contributed by atoms with Crippen LogP contribution >= 0.6 is 0 Å². The van der Waals surface area contributed by atoms with E-state index in [1.54, 1.807) is 6.33 Å². The van der Waals surface area contributed by atoms with Crippen LogP contribution in [-0.2, 0) is 16.1 Å². The molecule has 2 aromatic carbocycles. The molecule has 196 valence electrons. The fourth-order valence-corrected chi connectivity index (χ4v) is 3.87. The normalized spacial score (nSPS) is 11.5. The molecule has 37 heavy (non-hydrogen) atoms. The van der Waals surface area contributed by atoms with Crippen molar-refractivity contribution in [2.75, 3.05) is 32.1 Å². The molecule has 0 radical (unpaired) electrons. The van der Waals surface area contributed by atoms with Crippen molar-refractivity contribution in [2.45, 2.75) is 25.9 Å². The van der Waals surface area contributed by atoms with Crippen LogP contribution in [0.5, 0.6) is 0 Å². The van der Waals surface area contributed by atoms with Gasteiger partial charge in [-0.05, 0) is 29.7 Å². The molecule has 0 aliphatic carbocycles. The Kier molecular flexibility index (Phi) is 11.0. The lowest BCUT2D eigenvalue weighted by Crippen LogP contribution is -2.28. The number of hydrogen-bond donors (Lipinski definition) is 6. The number of methoxy groups -OCH3 is 1. The number of benzene rings is 2. The first kappa shape index (κ1) is 27.8. The molecule has 4 rings (SSSR count). The van der Waals surface area contributed by atoms with E-state index in [9.17, 15) is 4.79 Å². The smallest absolute Gasteiger partial charge is 0.306 e. The average Bonchev–Trinajstić information content (AvgIpc) is 3.40. The molecule has 10 nitrogen and oxygen atoms in total. The highest BCUT2D eigenvalue weighted by Crippen LogP contribution is 2.29. The number of aromatic amines is 1. The summed E-state index contributed by atoms with van der Waals surface area (Å²) in [5.41, 5.74) is 5.32. The van der Waals surface area contributed by atoms with Crippen molar-refractivity contribution in [3.63, 3.8) is 0 Å². The van der Waals surface area contributed by atoms with Crippen molar-refractivity contribution in [2.24, 2.45) is 5.90 Å². The third-order valence-corrected chi connectivity index (χ3v) is 5.88. The van der Waals surface area contributed by atoms with E-state index in [0.29, 0.717) is 13.0 Å². The molecule has 0 bridgehead atoms. The van der Waals surface area contributed by atoms with Crippen molar-refractivity contribution in [3.8, 4) is 11.3 Å². The summed E-state index contributed by atoms with van der Waals surface area (Å²) in [5.74, 6) is 4.12. The molecular formula is C27H35N7O3. The summed E-state index contributed by atoms with van der Waals surface area (Å²) in [6.45, 7) is 5.15. The Morgan fingerprint density at radius 2 is 1.76 bits per heavy atom. The van der Waals surface area contributed by atoms with Crippen LogP contribution in [0.2, 0.25) is 0 Å². The van der Waals surface area contributed by atoms with Crippen molar-refractivity contribution in [3.05, 3.63) is 78.1 Å². The minimum atomic E-state index is -0.193. The Morgan fingerprint density at radius 3 is 2.49 bits per heavy atom. The Hall–Kier alpha value is -3.83. The van der Waals surface area contributed by atoms with Gasteiger partial charge < -0.3 is 30.9 Å². The van der Waals surface area contributed by atoms with Gasteiger partial charge in [-0.15, -0.1) is 0 Å². The molecule has 10 heteroatoms. The van der Waals surface area contributed by atoms with Gasteiger partial charge in [0.2, 0.25) is 0 Å². The molecule has 0 fully saturated rings. The lowest BCUT2D eigenvalue weighted by Gasteiger charge is -2.15. The zero-order valence-corrected chi connectivity index (χ0v) is 21.2. The molecular weight excluding hydrogens is 470 g/mol. The first-order chi connectivity index (χ1) is 18.1. The zero-order valence-electron chi connectivity index (χ0n) is 21.2. The number of H-pyrrole nitrogens is 1. The molecule has 0 saturated carbocycles. The number of ether oxygens (including phenoxy) is 1. The number of carbonyl (C=O) groups is 1. The maximum Gasteiger partial charge on any atom is 0.306 e. The standard InChI is InChI=1S/C27H32N6O2.H3NO/c1-19(21-6-4-3-5-7-21)32-26-23-16-24(33-27(23)31-18-30-26)22-10-8-20(9-11-22)17-29-15-14-28-13-12-25(34)35-2;1-2/h3-11,16,18-19,28-29H,12-15,17H2,1-2H3,(H2,30,31,32,33);2H,1H2/t19-;/m1./s1. The predicted octanol–water partition coefficient (Wildman–Crippen LogP) is 3.37. The average molecular weight is 506 g/mol. The molecule has 0 aliphatic heterocycles. The molecule has 0 unspecified atom stereocenters. The quantitative estimate of drug-likeness (QED) is 0.0967. The number of nitrogens with one attached hydrogen (secondary N) is 4. The largest absolute Gasteiger partial charge is 0.469 e. The van der Waals surface area contributed by atoms with E-state index in [-0.39, 0.29) is 12.0 Å². The first-order valence-corrected chi connectivity index (χ1v) is 12.1.